The van der Waals surface area contributed by atoms with Crippen molar-refractivity contribution in [1.82, 2.24) is 4.41 Å². The van der Waals surface area contributed by atoms with Gasteiger partial charge in [-0.15, -0.1) is 0 Å². The number of benzene rings is 2. The van der Waals surface area contributed by atoms with E-state index in [0.717, 1.165) is 16.7 Å². The number of nitrogens with one attached hydrogen (secondary N) is 1. The lowest BCUT2D eigenvalue weighted by molar-refractivity contribution is 0.372. The Morgan fingerprint density at radius 2 is 1.72 bits per heavy atom. The van der Waals surface area contributed by atoms with Crippen molar-refractivity contribution in [2.75, 3.05) is 16.2 Å². The Bertz CT molecular complexity index is 1120. The first kappa shape index (κ1) is 21.3. The third-order valence-corrected chi connectivity index (χ3v) is 7.76. The molecule has 1 atom stereocenters. The Morgan fingerprint density at radius 1 is 1.03 bits per heavy atom. The summed E-state index contributed by atoms with van der Waals surface area (Å²) in [6.45, 7) is 5.14. The molecule has 1 heterocycles. The molecule has 0 amide bonds. The van der Waals surface area contributed by atoms with E-state index in [9.17, 15) is 16.8 Å². The van der Waals surface area contributed by atoms with Crippen LogP contribution < -0.4 is 4.72 Å². The molecule has 0 bridgehead atoms. The van der Waals surface area contributed by atoms with E-state index in [1.54, 1.807) is 38.1 Å². The Kier molecular flexibility index (Phi) is 6.00. The summed E-state index contributed by atoms with van der Waals surface area (Å²) < 4.78 is 52.4. The van der Waals surface area contributed by atoms with E-state index < -0.39 is 26.1 Å². The van der Waals surface area contributed by atoms with E-state index in [1.165, 1.54) is 4.41 Å². The molecule has 2 aromatic carbocycles. The first-order valence-electron chi connectivity index (χ1n) is 9.42. The topological polar surface area (TPSA) is 95.9 Å². The van der Waals surface area contributed by atoms with Crippen molar-refractivity contribution < 1.29 is 16.8 Å². The molecule has 0 unspecified atom stereocenters. The molecule has 0 radical (unpaired) electrons. The molecule has 1 aliphatic heterocycles. The summed E-state index contributed by atoms with van der Waals surface area (Å²) in [6, 6.07) is 14.2. The van der Waals surface area contributed by atoms with E-state index in [4.69, 9.17) is 0 Å². The van der Waals surface area contributed by atoms with Crippen molar-refractivity contribution in [2.45, 2.75) is 33.2 Å². The van der Waals surface area contributed by atoms with Crippen molar-refractivity contribution in [1.29, 1.82) is 0 Å². The second-order valence-corrected chi connectivity index (χ2v) is 11.1. The van der Waals surface area contributed by atoms with Crippen LogP contribution in [0.4, 0.5) is 5.69 Å². The molecule has 7 nitrogen and oxygen atoms in total. The molecular weight excluding hydrogens is 410 g/mol. The second kappa shape index (κ2) is 8.16. The van der Waals surface area contributed by atoms with Crippen LogP contribution in [0, 0.1) is 6.92 Å². The third kappa shape index (κ3) is 4.79. The molecule has 0 saturated carbocycles. The summed E-state index contributed by atoms with van der Waals surface area (Å²) >= 11 is 0. The lowest BCUT2D eigenvalue weighted by Gasteiger charge is -2.23. The van der Waals surface area contributed by atoms with Gasteiger partial charge in [-0.25, -0.2) is 16.8 Å². The van der Waals surface area contributed by atoms with Gasteiger partial charge in [-0.05, 0) is 44.0 Å². The average molecular weight is 436 g/mol. The maximum atomic E-state index is 12.6. The number of aryl methyl sites for hydroxylation is 1. The zero-order chi connectivity index (χ0) is 21.2. The summed E-state index contributed by atoms with van der Waals surface area (Å²) in [4.78, 5) is 0. The third-order valence-electron chi connectivity index (χ3n) is 4.82. The number of nitrogens with zero attached hydrogens (tertiary/aromatic N) is 2. The summed E-state index contributed by atoms with van der Waals surface area (Å²) in [7, 11) is -6.88. The smallest absolute Gasteiger partial charge is 0.250 e. The van der Waals surface area contributed by atoms with Crippen LogP contribution in [0.2, 0.25) is 0 Å². The van der Waals surface area contributed by atoms with E-state index in [2.05, 4.69) is 9.82 Å². The first-order chi connectivity index (χ1) is 13.6. The first-order valence-corrected chi connectivity index (χ1v) is 12.7. The molecule has 0 aliphatic carbocycles. The van der Waals surface area contributed by atoms with Crippen molar-refractivity contribution in [3.63, 3.8) is 0 Å². The van der Waals surface area contributed by atoms with Crippen molar-refractivity contribution in [3.8, 4) is 0 Å². The maximum Gasteiger partial charge on any atom is 0.250 e. The van der Waals surface area contributed by atoms with Gasteiger partial charge in [0.2, 0.25) is 20.0 Å². The molecular formula is C20H25N3O4S2. The molecule has 0 saturated heterocycles. The van der Waals surface area contributed by atoms with Crippen molar-refractivity contribution in [3.05, 3.63) is 65.2 Å². The van der Waals surface area contributed by atoms with E-state index in [1.807, 2.05) is 31.2 Å². The van der Waals surface area contributed by atoms with Gasteiger partial charge in [-0.2, -0.15) is 9.52 Å². The molecule has 0 aromatic heterocycles. The van der Waals surface area contributed by atoms with E-state index in [0.29, 0.717) is 17.8 Å². The Hall–Kier alpha value is -2.39. The van der Waals surface area contributed by atoms with Gasteiger partial charge in [0.1, 0.15) is 0 Å². The zero-order valence-electron chi connectivity index (χ0n) is 16.7. The lowest BCUT2D eigenvalue weighted by Crippen LogP contribution is -2.28. The minimum absolute atomic E-state index is 0.0104. The molecule has 0 spiro atoms. The van der Waals surface area contributed by atoms with Crippen molar-refractivity contribution in [2.24, 2.45) is 5.10 Å². The fourth-order valence-electron chi connectivity index (χ4n) is 3.16. The molecule has 29 heavy (non-hydrogen) atoms. The molecule has 156 valence electrons. The van der Waals surface area contributed by atoms with Gasteiger partial charge < -0.3 is 0 Å². The minimum Gasteiger partial charge on any atom is -0.284 e. The highest BCUT2D eigenvalue weighted by atomic mass is 32.2. The SMILES string of the molecule is CCS(=O)(=O)Nc1ccc(C2=NN(S(=O)(=O)CC)[C@H](c3cccc(C)c3)C2)cc1. The van der Waals surface area contributed by atoms with Gasteiger partial charge in [-0.3, -0.25) is 4.72 Å². The summed E-state index contributed by atoms with van der Waals surface area (Å²) in [5.41, 5.74) is 3.82. The molecule has 0 fully saturated rings. The Balaban J connectivity index is 1.92. The van der Waals surface area contributed by atoms with Crippen LogP contribution in [0.5, 0.6) is 0 Å². The van der Waals surface area contributed by atoms with Crippen LogP contribution in [-0.2, 0) is 20.0 Å². The molecule has 9 heteroatoms. The summed E-state index contributed by atoms with van der Waals surface area (Å²) in [5.74, 6) is -0.0483. The number of hydrazone groups is 1. The van der Waals surface area contributed by atoms with Crippen LogP contribution in [0.25, 0.3) is 0 Å². The monoisotopic (exact) mass is 435 g/mol. The molecule has 2 aromatic rings. The van der Waals surface area contributed by atoms with Crippen LogP contribution in [0.3, 0.4) is 0 Å². The Morgan fingerprint density at radius 3 is 2.31 bits per heavy atom. The van der Waals surface area contributed by atoms with Gasteiger partial charge in [0, 0.05) is 12.1 Å². The quantitative estimate of drug-likeness (QED) is 0.722. The molecule has 1 aliphatic rings. The van der Waals surface area contributed by atoms with Crippen LogP contribution in [0.15, 0.2) is 53.6 Å². The maximum absolute atomic E-state index is 12.6. The number of sulfonamides is 2. The molecule has 3 rings (SSSR count). The van der Waals surface area contributed by atoms with Gasteiger partial charge in [0.25, 0.3) is 0 Å². The normalized spacial score (nSPS) is 17.3. The van der Waals surface area contributed by atoms with Gasteiger partial charge in [-0.1, -0.05) is 42.0 Å². The van der Waals surface area contributed by atoms with E-state index in [-0.39, 0.29) is 11.5 Å². The summed E-state index contributed by atoms with van der Waals surface area (Å²) in [6.07, 6.45) is 0.447. The Labute approximate surface area is 172 Å². The van der Waals surface area contributed by atoms with E-state index >= 15 is 0 Å². The molecule has 1 N–H and O–H groups in total. The fourth-order valence-corrected chi connectivity index (χ4v) is 4.87. The highest BCUT2D eigenvalue weighted by Gasteiger charge is 2.35. The van der Waals surface area contributed by atoms with Crippen LogP contribution in [-0.4, -0.2) is 38.5 Å². The van der Waals surface area contributed by atoms with Gasteiger partial charge >= 0.3 is 0 Å². The summed E-state index contributed by atoms with van der Waals surface area (Å²) in [5, 5.41) is 4.43. The van der Waals surface area contributed by atoms with Gasteiger partial charge in [0.05, 0.1) is 23.3 Å². The standard InChI is InChI=1S/C20H25N3O4S2/c1-4-28(24,25)22-18-11-9-16(10-12-18)19-14-20(17-8-6-7-15(3)13-17)23(21-19)29(26,27)5-2/h6-13,20,22H,4-5,14H2,1-3H3/t20-/m0/s1. The lowest BCUT2D eigenvalue weighted by atomic mass is 9.98. The van der Waals surface area contributed by atoms with Crippen LogP contribution in [0.1, 0.15) is 43.0 Å². The number of hydrogen-bond donors (Lipinski definition) is 1. The second-order valence-electron chi connectivity index (χ2n) is 6.94. The predicted molar refractivity (Wildman–Crippen MR) is 116 cm³/mol. The zero-order valence-corrected chi connectivity index (χ0v) is 18.3. The van der Waals surface area contributed by atoms with Crippen molar-refractivity contribution >= 4 is 31.4 Å². The van der Waals surface area contributed by atoms with Gasteiger partial charge in [0.15, 0.2) is 0 Å². The number of rotatable bonds is 7. The minimum atomic E-state index is -3.53. The fraction of sp³-hybridized carbons (Fsp3) is 0.350. The predicted octanol–water partition coefficient (Wildman–Crippen LogP) is 3.26. The highest BCUT2D eigenvalue weighted by molar-refractivity contribution is 7.92. The van der Waals surface area contributed by atoms with Crippen LogP contribution >= 0.6 is 0 Å². The number of anilines is 1. The largest absolute Gasteiger partial charge is 0.284 e. The highest BCUT2D eigenvalue weighted by Crippen LogP contribution is 2.35. The average Bonchev–Trinajstić information content (AvgIpc) is 3.15. The number of hydrogen-bond acceptors (Lipinski definition) is 5.